The number of carbonyl (C=O) groups is 1. The van der Waals surface area contributed by atoms with E-state index in [0.29, 0.717) is 16.6 Å². The number of hydrogen-bond acceptors (Lipinski definition) is 4. The Hall–Kier alpha value is -2.92. The molecule has 0 bridgehead atoms. The van der Waals surface area contributed by atoms with Gasteiger partial charge in [0.25, 0.3) is 5.56 Å². The Morgan fingerprint density at radius 1 is 1.12 bits per heavy atom. The summed E-state index contributed by atoms with van der Waals surface area (Å²) in [6, 6.07) is 14.8. The first-order valence-corrected chi connectivity index (χ1v) is 8.28. The minimum Gasteiger partial charge on any atom is -0.465 e. The standard InChI is InChI=1S/C19H13NO3S/c1-23-19(22)15-11-14(12-5-3-2-4-6-12)18(21)20-9-7-13-8-10-24-17(13)16(15)20/h2-11H,1H3. The fourth-order valence-corrected chi connectivity index (χ4v) is 3.84. The van der Waals surface area contributed by atoms with Gasteiger partial charge in [0.2, 0.25) is 0 Å². The summed E-state index contributed by atoms with van der Waals surface area (Å²) in [4.78, 5) is 25.3. The highest BCUT2D eigenvalue weighted by molar-refractivity contribution is 7.18. The molecule has 0 spiro atoms. The van der Waals surface area contributed by atoms with Gasteiger partial charge in [0, 0.05) is 11.8 Å². The van der Waals surface area contributed by atoms with Crippen LogP contribution in [0.1, 0.15) is 10.4 Å². The monoisotopic (exact) mass is 335 g/mol. The molecule has 5 heteroatoms. The highest BCUT2D eigenvalue weighted by Crippen LogP contribution is 2.29. The molecule has 0 aliphatic carbocycles. The van der Waals surface area contributed by atoms with Crippen LogP contribution in [0.3, 0.4) is 0 Å². The Kier molecular flexibility index (Phi) is 3.43. The maximum atomic E-state index is 13.0. The molecule has 0 saturated carbocycles. The second-order valence-corrected chi connectivity index (χ2v) is 6.29. The second kappa shape index (κ2) is 5.62. The van der Waals surface area contributed by atoms with Crippen LogP contribution in [-0.4, -0.2) is 17.5 Å². The molecule has 4 aromatic rings. The Morgan fingerprint density at radius 2 is 1.92 bits per heavy atom. The molecule has 4 nitrogen and oxygen atoms in total. The lowest BCUT2D eigenvalue weighted by Crippen LogP contribution is -2.19. The van der Waals surface area contributed by atoms with E-state index in [2.05, 4.69) is 0 Å². The van der Waals surface area contributed by atoms with Gasteiger partial charge in [-0.1, -0.05) is 30.3 Å². The van der Waals surface area contributed by atoms with Crippen LogP contribution in [0.25, 0.3) is 26.7 Å². The molecule has 0 aliphatic rings. The summed E-state index contributed by atoms with van der Waals surface area (Å²) in [7, 11) is 1.35. The lowest BCUT2D eigenvalue weighted by Gasteiger charge is -2.11. The molecule has 24 heavy (non-hydrogen) atoms. The number of ether oxygens (including phenoxy) is 1. The van der Waals surface area contributed by atoms with Crippen molar-refractivity contribution in [2.75, 3.05) is 7.11 Å². The molecule has 0 saturated heterocycles. The van der Waals surface area contributed by atoms with Crippen LogP contribution in [0.4, 0.5) is 0 Å². The molecule has 0 N–H and O–H groups in total. The number of thiophene rings is 1. The first-order valence-electron chi connectivity index (χ1n) is 7.40. The third-order valence-electron chi connectivity index (χ3n) is 4.04. The number of carbonyl (C=O) groups excluding carboxylic acids is 1. The second-order valence-electron chi connectivity index (χ2n) is 5.37. The fraction of sp³-hybridized carbons (Fsp3) is 0.0526. The van der Waals surface area contributed by atoms with E-state index in [1.807, 2.05) is 47.8 Å². The van der Waals surface area contributed by atoms with Crippen molar-refractivity contribution in [2.24, 2.45) is 0 Å². The lowest BCUT2D eigenvalue weighted by molar-refractivity contribution is 0.0602. The van der Waals surface area contributed by atoms with E-state index in [1.54, 1.807) is 12.3 Å². The number of aromatic nitrogens is 1. The van der Waals surface area contributed by atoms with Crippen LogP contribution in [0.15, 0.2) is 64.9 Å². The lowest BCUT2D eigenvalue weighted by atomic mass is 10.0. The van der Waals surface area contributed by atoms with Gasteiger partial charge < -0.3 is 4.74 Å². The van der Waals surface area contributed by atoms with Crippen LogP contribution in [0.2, 0.25) is 0 Å². The smallest absolute Gasteiger partial charge is 0.340 e. The van der Waals surface area contributed by atoms with Crippen molar-refractivity contribution < 1.29 is 9.53 Å². The number of benzene rings is 1. The Morgan fingerprint density at radius 3 is 2.67 bits per heavy atom. The molecule has 3 heterocycles. The molecule has 0 unspecified atom stereocenters. The van der Waals surface area contributed by atoms with E-state index >= 15 is 0 Å². The molecule has 118 valence electrons. The highest BCUT2D eigenvalue weighted by Gasteiger charge is 2.19. The van der Waals surface area contributed by atoms with Gasteiger partial charge >= 0.3 is 5.97 Å². The van der Waals surface area contributed by atoms with Crippen LogP contribution >= 0.6 is 11.3 Å². The van der Waals surface area contributed by atoms with Gasteiger partial charge in [-0.15, -0.1) is 11.3 Å². The molecule has 0 radical (unpaired) electrons. The average Bonchev–Trinajstić information content (AvgIpc) is 3.11. The normalized spacial score (nSPS) is 11.0. The van der Waals surface area contributed by atoms with Gasteiger partial charge in [0.05, 0.1) is 22.9 Å². The third-order valence-corrected chi connectivity index (χ3v) is 4.97. The van der Waals surface area contributed by atoms with E-state index in [4.69, 9.17) is 4.74 Å². The SMILES string of the molecule is COC(=O)c1cc(-c2ccccc2)c(=O)n2ccc3ccsc3c12. The number of hydrogen-bond donors (Lipinski definition) is 0. The molecule has 0 amide bonds. The zero-order valence-electron chi connectivity index (χ0n) is 12.9. The number of methoxy groups -OCH3 is 1. The zero-order chi connectivity index (χ0) is 16.7. The van der Waals surface area contributed by atoms with E-state index < -0.39 is 5.97 Å². The molecular formula is C19H13NO3S. The first kappa shape index (κ1) is 14.7. The van der Waals surface area contributed by atoms with Gasteiger partial charge in [-0.3, -0.25) is 9.20 Å². The fourth-order valence-electron chi connectivity index (χ4n) is 2.90. The summed E-state index contributed by atoms with van der Waals surface area (Å²) in [5.74, 6) is -0.453. The Balaban J connectivity index is 2.19. The predicted molar refractivity (Wildman–Crippen MR) is 95.8 cm³/mol. The van der Waals surface area contributed by atoms with Crippen molar-refractivity contribution in [3.8, 4) is 11.1 Å². The van der Waals surface area contributed by atoms with Crippen LogP contribution < -0.4 is 5.56 Å². The number of pyridine rings is 2. The molecular weight excluding hydrogens is 322 g/mol. The topological polar surface area (TPSA) is 47.8 Å². The quantitative estimate of drug-likeness (QED) is 0.521. The molecule has 0 fully saturated rings. The summed E-state index contributed by atoms with van der Waals surface area (Å²) in [6.45, 7) is 0. The number of nitrogens with zero attached hydrogens (tertiary/aromatic N) is 1. The summed E-state index contributed by atoms with van der Waals surface area (Å²) in [5.41, 5.74) is 2.08. The molecule has 4 rings (SSSR count). The summed E-state index contributed by atoms with van der Waals surface area (Å²) in [5, 5.41) is 2.94. The summed E-state index contributed by atoms with van der Waals surface area (Å²) in [6.07, 6.45) is 1.71. The van der Waals surface area contributed by atoms with Crippen molar-refractivity contribution in [1.29, 1.82) is 0 Å². The van der Waals surface area contributed by atoms with Crippen molar-refractivity contribution in [3.63, 3.8) is 0 Å². The van der Waals surface area contributed by atoms with Crippen LogP contribution in [0.5, 0.6) is 0 Å². The van der Waals surface area contributed by atoms with Gasteiger partial charge in [0.1, 0.15) is 0 Å². The van der Waals surface area contributed by atoms with Crippen molar-refractivity contribution in [3.05, 3.63) is 76.0 Å². The average molecular weight is 335 g/mol. The van der Waals surface area contributed by atoms with E-state index in [-0.39, 0.29) is 5.56 Å². The Labute approximate surface area is 141 Å². The highest BCUT2D eigenvalue weighted by atomic mass is 32.1. The predicted octanol–water partition coefficient (Wildman–Crippen LogP) is 3.97. The molecule has 1 aromatic carbocycles. The van der Waals surface area contributed by atoms with Crippen LogP contribution in [0, 0.1) is 0 Å². The summed E-state index contributed by atoms with van der Waals surface area (Å²) >= 11 is 1.50. The first-order chi connectivity index (χ1) is 11.7. The van der Waals surface area contributed by atoms with E-state index in [0.717, 1.165) is 15.6 Å². The maximum absolute atomic E-state index is 13.0. The number of fused-ring (bicyclic) bond motifs is 3. The Bertz CT molecular complexity index is 1130. The van der Waals surface area contributed by atoms with Crippen molar-refractivity contribution in [1.82, 2.24) is 4.40 Å². The van der Waals surface area contributed by atoms with E-state index in [9.17, 15) is 9.59 Å². The molecule has 0 aliphatic heterocycles. The number of rotatable bonds is 2. The van der Waals surface area contributed by atoms with Gasteiger partial charge in [-0.05, 0) is 34.5 Å². The van der Waals surface area contributed by atoms with Crippen LogP contribution in [-0.2, 0) is 4.74 Å². The van der Waals surface area contributed by atoms with Gasteiger partial charge in [-0.2, -0.15) is 0 Å². The molecule has 3 aromatic heterocycles. The van der Waals surface area contributed by atoms with Gasteiger partial charge in [-0.25, -0.2) is 4.79 Å². The minimum atomic E-state index is -0.453. The van der Waals surface area contributed by atoms with Crippen molar-refractivity contribution >= 4 is 32.9 Å². The largest absolute Gasteiger partial charge is 0.465 e. The third kappa shape index (κ3) is 2.13. The van der Waals surface area contributed by atoms with E-state index in [1.165, 1.54) is 22.8 Å². The number of esters is 1. The van der Waals surface area contributed by atoms with Gasteiger partial charge in [0.15, 0.2) is 0 Å². The zero-order valence-corrected chi connectivity index (χ0v) is 13.7. The molecule has 0 atom stereocenters. The van der Waals surface area contributed by atoms with Crippen molar-refractivity contribution in [2.45, 2.75) is 0 Å². The summed E-state index contributed by atoms with van der Waals surface area (Å²) < 4.78 is 7.38. The maximum Gasteiger partial charge on any atom is 0.340 e. The minimum absolute atomic E-state index is 0.154.